The smallest absolute Gasteiger partial charge is 0.0900 e. The van der Waals surface area contributed by atoms with Crippen molar-refractivity contribution in [1.82, 2.24) is 4.98 Å². The third-order valence-electron chi connectivity index (χ3n) is 1.26. The van der Waals surface area contributed by atoms with Crippen molar-refractivity contribution in [2.45, 2.75) is 6.92 Å². The van der Waals surface area contributed by atoms with E-state index < -0.39 is 5.97 Å². The number of carbonyl (C=O) groups excluding carboxylic acids is 1. The zero-order valence-corrected chi connectivity index (χ0v) is 7.38. The lowest BCUT2D eigenvalue weighted by Crippen LogP contribution is -2.23. The van der Waals surface area contributed by atoms with Gasteiger partial charge in [-0.25, -0.2) is 0 Å². The maximum Gasteiger partial charge on any atom is 0.0900 e. The first kappa shape index (κ1) is 8.20. The largest absolute Gasteiger partial charge is 0.543 e. The molecule has 1 rings (SSSR count). The van der Waals surface area contributed by atoms with Gasteiger partial charge in [-0.2, -0.15) is 0 Å². The van der Waals surface area contributed by atoms with Crippen molar-refractivity contribution in [1.29, 1.82) is 0 Å². The van der Waals surface area contributed by atoms with Crippen molar-refractivity contribution in [3.05, 3.63) is 28.0 Å². The number of carbonyl (C=O) groups is 1. The number of aromatic nitrogens is 1. The van der Waals surface area contributed by atoms with Gasteiger partial charge in [0, 0.05) is 10.7 Å². The number of carboxylic acid groups (broad SMARTS) is 1. The van der Waals surface area contributed by atoms with E-state index in [1.165, 1.54) is 12.3 Å². The lowest BCUT2D eigenvalue weighted by Gasteiger charge is -2.02. The standard InChI is InChI=1S/C7H6BrNO2/c1-4-2-6(7(10)11)9-3-5(4)8/h2-3H,1H3,(H,10,11)/p-1. The Kier molecular flexibility index (Phi) is 2.24. The second-order valence-corrected chi connectivity index (χ2v) is 2.96. The maximum absolute atomic E-state index is 10.3. The first-order chi connectivity index (χ1) is 5.11. The molecule has 0 aromatic carbocycles. The lowest BCUT2D eigenvalue weighted by molar-refractivity contribution is -0.255. The van der Waals surface area contributed by atoms with Crippen LogP contribution >= 0.6 is 15.9 Å². The second-order valence-electron chi connectivity index (χ2n) is 2.11. The minimum absolute atomic E-state index is 0.0364. The Morgan fingerprint density at radius 3 is 2.82 bits per heavy atom. The quantitative estimate of drug-likeness (QED) is 0.685. The summed E-state index contributed by atoms with van der Waals surface area (Å²) < 4.78 is 0.794. The van der Waals surface area contributed by atoms with Gasteiger partial charge in [-0.05, 0) is 34.5 Å². The van der Waals surface area contributed by atoms with E-state index in [9.17, 15) is 9.90 Å². The first-order valence-corrected chi connectivity index (χ1v) is 3.74. The summed E-state index contributed by atoms with van der Waals surface area (Å²) in [6, 6.07) is 1.46. The molecule has 0 fully saturated rings. The summed E-state index contributed by atoms with van der Waals surface area (Å²) in [5, 5.41) is 10.3. The Morgan fingerprint density at radius 1 is 1.73 bits per heavy atom. The molecule has 0 saturated carbocycles. The molecule has 0 saturated heterocycles. The summed E-state index contributed by atoms with van der Waals surface area (Å²) in [6.45, 7) is 1.79. The molecule has 0 aliphatic heterocycles. The third-order valence-corrected chi connectivity index (χ3v) is 2.09. The van der Waals surface area contributed by atoms with Crippen LogP contribution in [0.4, 0.5) is 0 Å². The van der Waals surface area contributed by atoms with Crippen LogP contribution < -0.4 is 5.11 Å². The van der Waals surface area contributed by atoms with Crippen LogP contribution in [0.25, 0.3) is 0 Å². The normalized spacial score (nSPS) is 9.64. The van der Waals surface area contributed by atoms with Gasteiger partial charge in [-0.3, -0.25) is 4.98 Å². The Hall–Kier alpha value is -0.900. The number of pyridine rings is 1. The van der Waals surface area contributed by atoms with E-state index in [-0.39, 0.29) is 5.69 Å². The van der Waals surface area contributed by atoms with Crippen molar-refractivity contribution in [2.75, 3.05) is 0 Å². The molecule has 0 bridgehead atoms. The zero-order valence-electron chi connectivity index (χ0n) is 5.80. The number of nitrogens with zero attached hydrogens (tertiary/aromatic N) is 1. The number of halogens is 1. The molecule has 0 amide bonds. The lowest BCUT2D eigenvalue weighted by atomic mass is 10.2. The number of rotatable bonds is 1. The van der Waals surface area contributed by atoms with Gasteiger partial charge in [0.1, 0.15) is 0 Å². The van der Waals surface area contributed by atoms with E-state index in [1.807, 2.05) is 0 Å². The fourth-order valence-electron chi connectivity index (χ4n) is 0.651. The second kappa shape index (κ2) is 3.00. The predicted molar refractivity (Wildman–Crippen MR) is 41.0 cm³/mol. The summed E-state index contributed by atoms with van der Waals surface area (Å²) in [6.07, 6.45) is 1.44. The van der Waals surface area contributed by atoms with Gasteiger partial charge in [0.15, 0.2) is 0 Å². The summed E-state index contributed by atoms with van der Waals surface area (Å²) in [5.41, 5.74) is 0.796. The highest BCUT2D eigenvalue weighted by Gasteiger charge is 1.98. The van der Waals surface area contributed by atoms with Crippen LogP contribution in [0.2, 0.25) is 0 Å². The van der Waals surface area contributed by atoms with Gasteiger partial charge in [0.25, 0.3) is 0 Å². The molecule has 0 atom stereocenters. The molecule has 0 radical (unpaired) electrons. The van der Waals surface area contributed by atoms with Gasteiger partial charge in [0.05, 0.1) is 11.7 Å². The molecule has 0 unspecified atom stereocenters. The Labute approximate surface area is 72.2 Å². The molecular weight excluding hydrogens is 210 g/mol. The van der Waals surface area contributed by atoms with E-state index in [0.717, 1.165) is 10.0 Å². The summed E-state index contributed by atoms with van der Waals surface area (Å²) in [5.74, 6) is -1.25. The molecular formula is C7H5BrNO2-. The molecule has 4 heteroatoms. The molecule has 0 N–H and O–H groups in total. The fourth-order valence-corrected chi connectivity index (χ4v) is 0.868. The third kappa shape index (κ3) is 1.77. The molecule has 0 spiro atoms. The van der Waals surface area contributed by atoms with Crippen LogP contribution in [0.3, 0.4) is 0 Å². The zero-order chi connectivity index (χ0) is 8.43. The molecule has 3 nitrogen and oxygen atoms in total. The van der Waals surface area contributed by atoms with Gasteiger partial charge in [-0.1, -0.05) is 0 Å². The van der Waals surface area contributed by atoms with Crippen LogP contribution in [-0.2, 0) is 0 Å². The van der Waals surface area contributed by atoms with E-state index in [4.69, 9.17) is 0 Å². The van der Waals surface area contributed by atoms with E-state index in [1.54, 1.807) is 6.92 Å². The average Bonchev–Trinajstić information content (AvgIpc) is 1.94. The topological polar surface area (TPSA) is 53.0 Å². The van der Waals surface area contributed by atoms with Gasteiger partial charge in [0.2, 0.25) is 0 Å². The van der Waals surface area contributed by atoms with Gasteiger partial charge in [-0.15, -0.1) is 0 Å². The van der Waals surface area contributed by atoms with E-state index >= 15 is 0 Å². The number of aromatic carboxylic acids is 1. The molecule has 58 valence electrons. The van der Waals surface area contributed by atoms with Gasteiger partial charge >= 0.3 is 0 Å². The van der Waals surface area contributed by atoms with Crippen LogP contribution in [0.1, 0.15) is 16.1 Å². The summed E-state index contributed by atoms with van der Waals surface area (Å²) >= 11 is 3.20. The fraction of sp³-hybridized carbons (Fsp3) is 0.143. The molecule has 0 aliphatic rings. The Balaban J connectivity index is 3.15. The highest BCUT2D eigenvalue weighted by atomic mass is 79.9. The Bertz CT molecular complexity index is 298. The van der Waals surface area contributed by atoms with Crippen molar-refractivity contribution in [3.8, 4) is 0 Å². The average molecular weight is 215 g/mol. The van der Waals surface area contributed by atoms with Gasteiger partial charge < -0.3 is 9.90 Å². The number of hydrogen-bond acceptors (Lipinski definition) is 3. The summed E-state index contributed by atoms with van der Waals surface area (Å²) in [7, 11) is 0. The van der Waals surface area contributed by atoms with Crippen molar-refractivity contribution in [2.24, 2.45) is 0 Å². The van der Waals surface area contributed by atoms with E-state index in [2.05, 4.69) is 20.9 Å². The van der Waals surface area contributed by atoms with Crippen molar-refractivity contribution < 1.29 is 9.90 Å². The first-order valence-electron chi connectivity index (χ1n) is 2.95. The van der Waals surface area contributed by atoms with Crippen LogP contribution in [0.15, 0.2) is 16.7 Å². The maximum atomic E-state index is 10.3. The highest BCUT2D eigenvalue weighted by molar-refractivity contribution is 9.10. The molecule has 0 aliphatic carbocycles. The highest BCUT2D eigenvalue weighted by Crippen LogP contribution is 2.14. The Morgan fingerprint density at radius 2 is 2.36 bits per heavy atom. The minimum Gasteiger partial charge on any atom is -0.543 e. The number of carboxylic acids is 1. The number of aryl methyl sites for hydroxylation is 1. The molecule has 1 heterocycles. The monoisotopic (exact) mass is 214 g/mol. The molecule has 11 heavy (non-hydrogen) atoms. The van der Waals surface area contributed by atoms with Crippen LogP contribution in [0, 0.1) is 6.92 Å². The van der Waals surface area contributed by atoms with Crippen molar-refractivity contribution in [3.63, 3.8) is 0 Å². The van der Waals surface area contributed by atoms with Crippen LogP contribution in [0.5, 0.6) is 0 Å². The SMILES string of the molecule is Cc1cc(C(=O)[O-])ncc1Br. The van der Waals surface area contributed by atoms with Crippen molar-refractivity contribution >= 4 is 21.9 Å². The van der Waals surface area contributed by atoms with E-state index in [0.29, 0.717) is 0 Å². The number of hydrogen-bond donors (Lipinski definition) is 0. The molecule has 1 aromatic rings. The minimum atomic E-state index is -1.25. The predicted octanol–water partition coefficient (Wildman–Crippen LogP) is 0.516. The molecule has 1 aromatic heterocycles. The summed E-state index contributed by atoms with van der Waals surface area (Å²) in [4.78, 5) is 13.9. The van der Waals surface area contributed by atoms with Crippen LogP contribution in [-0.4, -0.2) is 11.0 Å².